The number of likely N-dealkylation sites (tertiary alicyclic amines) is 1. The Morgan fingerprint density at radius 3 is 2.19 bits per heavy atom. The predicted molar refractivity (Wildman–Crippen MR) is 116 cm³/mol. The summed E-state index contributed by atoms with van der Waals surface area (Å²) in [6.45, 7) is 2.54. The molecule has 0 unspecified atom stereocenters. The van der Waals surface area contributed by atoms with Crippen molar-refractivity contribution in [2.45, 2.75) is 24.7 Å². The SMILES string of the molecule is Cc1ccc(S(=O)(=O)N(C)c2ccc(OCC(=O)N3CCC(C(=O)O)CC3)cc2)cc1. The number of carboxylic acid groups (broad SMARTS) is 1. The molecule has 0 atom stereocenters. The number of hydrogen-bond acceptors (Lipinski definition) is 5. The van der Waals surface area contributed by atoms with E-state index in [2.05, 4.69) is 0 Å². The first kappa shape index (κ1) is 22.6. The van der Waals surface area contributed by atoms with Crippen LogP contribution in [0.25, 0.3) is 0 Å². The minimum Gasteiger partial charge on any atom is -0.484 e. The number of benzene rings is 2. The summed E-state index contributed by atoms with van der Waals surface area (Å²) in [5.41, 5.74) is 1.44. The zero-order valence-electron chi connectivity index (χ0n) is 17.5. The number of aryl methyl sites for hydroxylation is 1. The van der Waals surface area contributed by atoms with Crippen LogP contribution in [0.1, 0.15) is 18.4 Å². The number of anilines is 1. The molecule has 1 saturated heterocycles. The summed E-state index contributed by atoms with van der Waals surface area (Å²) < 4.78 is 32.3. The lowest BCUT2D eigenvalue weighted by molar-refractivity contribution is -0.146. The van der Waals surface area contributed by atoms with E-state index >= 15 is 0 Å². The lowest BCUT2D eigenvalue weighted by Gasteiger charge is -2.30. The molecule has 1 N–H and O–H groups in total. The highest BCUT2D eigenvalue weighted by molar-refractivity contribution is 7.92. The van der Waals surface area contributed by atoms with Crippen LogP contribution >= 0.6 is 0 Å². The second-order valence-electron chi connectivity index (χ2n) is 7.56. The maximum absolute atomic E-state index is 12.8. The van der Waals surface area contributed by atoms with Crippen LogP contribution in [0.3, 0.4) is 0 Å². The molecule has 1 amide bonds. The summed E-state index contributed by atoms with van der Waals surface area (Å²) in [4.78, 5) is 25.1. The average Bonchev–Trinajstić information content (AvgIpc) is 2.77. The quantitative estimate of drug-likeness (QED) is 0.701. The molecule has 0 aliphatic carbocycles. The Morgan fingerprint density at radius 1 is 1.06 bits per heavy atom. The number of aliphatic carboxylic acids is 1. The standard InChI is InChI=1S/C22H26N2O6S/c1-16-3-9-20(10-4-16)31(28,29)23(2)18-5-7-19(8-6-18)30-15-21(25)24-13-11-17(12-14-24)22(26)27/h3-10,17H,11-15H2,1-2H3,(H,26,27). The molecule has 166 valence electrons. The fraction of sp³-hybridized carbons (Fsp3) is 0.364. The smallest absolute Gasteiger partial charge is 0.306 e. The molecule has 0 aromatic heterocycles. The maximum Gasteiger partial charge on any atom is 0.306 e. The molecule has 1 fully saturated rings. The van der Waals surface area contributed by atoms with E-state index in [1.807, 2.05) is 6.92 Å². The number of piperidine rings is 1. The van der Waals surface area contributed by atoms with Crippen molar-refractivity contribution < 1.29 is 27.9 Å². The van der Waals surface area contributed by atoms with Crippen LogP contribution < -0.4 is 9.04 Å². The molecular weight excluding hydrogens is 420 g/mol. The topological polar surface area (TPSA) is 104 Å². The zero-order valence-corrected chi connectivity index (χ0v) is 18.3. The molecule has 2 aromatic rings. The van der Waals surface area contributed by atoms with E-state index in [1.54, 1.807) is 53.4 Å². The molecule has 8 nitrogen and oxygen atoms in total. The van der Waals surface area contributed by atoms with Crippen LogP contribution in [0.2, 0.25) is 0 Å². The highest BCUT2D eigenvalue weighted by Gasteiger charge is 2.27. The zero-order chi connectivity index (χ0) is 22.6. The van der Waals surface area contributed by atoms with Gasteiger partial charge in [-0.2, -0.15) is 0 Å². The molecule has 31 heavy (non-hydrogen) atoms. The Bertz CT molecular complexity index is 1030. The largest absolute Gasteiger partial charge is 0.484 e. The van der Waals surface area contributed by atoms with Gasteiger partial charge < -0.3 is 14.7 Å². The fourth-order valence-electron chi connectivity index (χ4n) is 3.37. The summed E-state index contributed by atoms with van der Waals surface area (Å²) in [6, 6.07) is 13.1. The van der Waals surface area contributed by atoms with Gasteiger partial charge in [0.15, 0.2) is 6.61 Å². The lowest BCUT2D eigenvalue weighted by Crippen LogP contribution is -2.42. The van der Waals surface area contributed by atoms with Crippen molar-refractivity contribution >= 4 is 27.6 Å². The first-order valence-corrected chi connectivity index (χ1v) is 11.4. The summed E-state index contributed by atoms with van der Waals surface area (Å²) in [7, 11) is -2.20. The Morgan fingerprint density at radius 2 is 1.65 bits per heavy atom. The van der Waals surface area contributed by atoms with Crippen LogP contribution in [0.15, 0.2) is 53.4 Å². The van der Waals surface area contributed by atoms with E-state index in [4.69, 9.17) is 9.84 Å². The Hall–Kier alpha value is -3.07. The molecule has 1 heterocycles. The number of ether oxygens (including phenoxy) is 1. The molecule has 0 spiro atoms. The van der Waals surface area contributed by atoms with Crippen molar-refractivity contribution in [2.24, 2.45) is 5.92 Å². The van der Waals surface area contributed by atoms with Crippen molar-refractivity contribution in [1.29, 1.82) is 0 Å². The lowest BCUT2D eigenvalue weighted by atomic mass is 9.97. The Kier molecular flexibility index (Phi) is 6.84. The summed E-state index contributed by atoms with van der Waals surface area (Å²) >= 11 is 0. The number of nitrogens with zero attached hydrogens (tertiary/aromatic N) is 2. The number of carboxylic acids is 1. The molecule has 1 aliphatic heterocycles. The van der Waals surface area contributed by atoms with Gasteiger partial charge in [0.05, 0.1) is 16.5 Å². The van der Waals surface area contributed by atoms with E-state index < -0.39 is 21.9 Å². The molecule has 1 aliphatic rings. The summed E-state index contributed by atoms with van der Waals surface area (Å²) in [5, 5.41) is 9.03. The van der Waals surface area contributed by atoms with Gasteiger partial charge in [-0.1, -0.05) is 17.7 Å². The first-order chi connectivity index (χ1) is 14.7. The number of amides is 1. The minimum atomic E-state index is -3.68. The monoisotopic (exact) mass is 446 g/mol. The van der Waals surface area contributed by atoms with Gasteiger partial charge in [-0.3, -0.25) is 13.9 Å². The van der Waals surface area contributed by atoms with Gasteiger partial charge in [0, 0.05) is 20.1 Å². The van der Waals surface area contributed by atoms with Crippen LogP contribution in [0.4, 0.5) is 5.69 Å². The second-order valence-corrected chi connectivity index (χ2v) is 9.53. The number of carbonyl (C=O) groups is 2. The molecule has 0 bridgehead atoms. The highest BCUT2D eigenvalue weighted by atomic mass is 32.2. The van der Waals surface area contributed by atoms with Gasteiger partial charge in [0.25, 0.3) is 15.9 Å². The van der Waals surface area contributed by atoms with Gasteiger partial charge in [-0.25, -0.2) is 8.42 Å². The van der Waals surface area contributed by atoms with Crippen molar-refractivity contribution in [3.63, 3.8) is 0 Å². The van der Waals surface area contributed by atoms with Crippen LogP contribution in [0, 0.1) is 12.8 Å². The van der Waals surface area contributed by atoms with E-state index in [0.717, 1.165) is 5.56 Å². The minimum absolute atomic E-state index is 0.158. The molecule has 2 aromatic carbocycles. The van der Waals surface area contributed by atoms with E-state index in [1.165, 1.54) is 11.4 Å². The van der Waals surface area contributed by atoms with Crippen LogP contribution in [0.5, 0.6) is 5.75 Å². The third-order valence-electron chi connectivity index (χ3n) is 5.44. The van der Waals surface area contributed by atoms with E-state index in [-0.39, 0.29) is 17.4 Å². The molecular formula is C22H26N2O6S. The second kappa shape index (κ2) is 9.38. The molecule has 9 heteroatoms. The van der Waals surface area contributed by atoms with Crippen molar-refractivity contribution in [3.8, 4) is 5.75 Å². The van der Waals surface area contributed by atoms with Crippen molar-refractivity contribution in [1.82, 2.24) is 4.90 Å². The van der Waals surface area contributed by atoms with E-state index in [9.17, 15) is 18.0 Å². The third kappa shape index (κ3) is 5.35. The average molecular weight is 447 g/mol. The van der Waals surface area contributed by atoms with Crippen LogP contribution in [-0.4, -0.2) is 57.0 Å². The van der Waals surface area contributed by atoms with Gasteiger partial charge in [0.2, 0.25) is 0 Å². The van der Waals surface area contributed by atoms with Crippen molar-refractivity contribution in [2.75, 3.05) is 31.0 Å². The third-order valence-corrected chi connectivity index (χ3v) is 7.24. The van der Waals surface area contributed by atoms with Gasteiger partial charge in [-0.15, -0.1) is 0 Å². The Labute approximate surface area is 182 Å². The predicted octanol–water partition coefficient (Wildman–Crippen LogP) is 2.52. The van der Waals surface area contributed by atoms with Crippen molar-refractivity contribution in [3.05, 3.63) is 54.1 Å². The number of rotatable bonds is 7. The van der Waals surface area contributed by atoms with Gasteiger partial charge in [-0.05, 0) is 56.2 Å². The number of hydrogen-bond donors (Lipinski definition) is 1. The number of carbonyl (C=O) groups excluding carboxylic acids is 1. The van der Waals surface area contributed by atoms with E-state index in [0.29, 0.717) is 37.4 Å². The van der Waals surface area contributed by atoms with Crippen LogP contribution in [-0.2, 0) is 19.6 Å². The van der Waals surface area contributed by atoms with Gasteiger partial charge in [0.1, 0.15) is 5.75 Å². The molecule has 3 rings (SSSR count). The highest BCUT2D eigenvalue weighted by Crippen LogP contribution is 2.25. The molecule has 0 saturated carbocycles. The number of sulfonamides is 1. The van der Waals surface area contributed by atoms with Gasteiger partial charge >= 0.3 is 5.97 Å². The summed E-state index contributed by atoms with van der Waals surface area (Å²) in [5.74, 6) is -0.978. The maximum atomic E-state index is 12.8. The Balaban J connectivity index is 1.57. The normalized spacial score (nSPS) is 14.8. The molecule has 0 radical (unpaired) electrons. The fourth-order valence-corrected chi connectivity index (χ4v) is 4.57. The first-order valence-electron chi connectivity index (χ1n) is 9.97. The summed E-state index contributed by atoms with van der Waals surface area (Å²) in [6.07, 6.45) is 0.884.